The van der Waals surface area contributed by atoms with Crippen molar-refractivity contribution in [3.8, 4) is 0 Å². The lowest BCUT2D eigenvalue weighted by molar-refractivity contribution is 0.0606. The van der Waals surface area contributed by atoms with Gasteiger partial charge in [-0.05, 0) is 40.8 Å². The van der Waals surface area contributed by atoms with Gasteiger partial charge >= 0.3 is 5.97 Å². The zero-order valence-corrected chi connectivity index (χ0v) is 10.4. The number of methoxy groups -OCH3 is 1. The molecule has 0 N–H and O–H groups in total. The van der Waals surface area contributed by atoms with Gasteiger partial charge in [0.05, 0.1) is 7.11 Å². The molecular formula is C10H7IO2S. The molecule has 0 saturated carbocycles. The van der Waals surface area contributed by atoms with E-state index >= 15 is 0 Å². The SMILES string of the molecule is COC(=O)c1cc2c(I)cccc2s1. The number of fused-ring (bicyclic) bond motifs is 1. The summed E-state index contributed by atoms with van der Waals surface area (Å²) in [6.07, 6.45) is 0. The third-order valence-electron chi connectivity index (χ3n) is 1.89. The van der Waals surface area contributed by atoms with Crippen LogP contribution in [0, 0.1) is 3.57 Å². The molecule has 0 amide bonds. The Morgan fingerprint density at radius 3 is 2.93 bits per heavy atom. The first-order valence-corrected chi connectivity index (χ1v) is 5.88. The third-order valence-corrected chi connectivity index (χ3v) is 3.92. The minimum Gasteiger partial charge on any atom is -0.465 e. The van der Waals surface area contributed by atoms with Gasteiger partial charge in [0.2, 0.25) is 0 Å². The molecule has 72 valence electrons. The number of thiophene rings is 1. The predicted molar refractivity (Wildman–Crippen MR) is 65.9 cm³/mol. The van der Waals surface area contributed by atoms with E-state index in [-0.39, 0.29) is 5.97 Å². The van der Waals surface area contributed by atoms with Gasteiger partial charge in [0.15, 0.2) is 0 Å². The first-order valence-electron chi connectivity index (χ1n) is 3.99. The summed E-state index contributed by atoms with van der Waals surface area (Å²) in [5.74, 6) is -0.262. The first kappa shape index (κ1) is 9.92. The summed E-state index contributed by atoms with van der Waals surface area (Å²) in [4.78, 5) is 11.9. The summed E-state index contributed by atoms with van der Waals surface area (Å²) >= 11 is 3.73. The maximum atomic E-state index is 11.3. The highest BCUT2D eigenvalue weighted by molar-refractivity contribution is 14.1. The fourth-order valence-corrected chi connectivity index (χ4v) is 3.07. The van der Waals surface area contributed by atoms with E-state index in [4.69, 9.17) is 0 Å². The lowest BCUT2D eigenvalue weighted by atomic mass is 10.2. The highest BCUT2D eigenvalue weighted by atomic mass is 127. The number of ether oxygens (including phenoxy) is 1. The fraction of sp³-hybridized carbons (Fsp3) is 0.100. The molecule has 0 fully saturated rings. The highest BCUT2D eigenvalue weighted by Gasteiger charge is 2.10. The molecule has 1 aromatic carbocycles. The van der Waals surface area contributed by atoms with Crippen molar-refractivity contribution >= 4 is 50.0 Å². The Bertz CT molecular complexity index is 490. The van der Waals surface area contributed by atoms with Crippen molar-refractivity contribution in [3.05, 3.63) is 32.7 Å². The summed E-state index contributed by atoms with van der Waals surface area (Å²) in [6.45, 7) is 0. The average Bonchev–Trinajstić information content (AvgIpc) is 2.62. The number of benzene rings is 1. The average molecular weight is 318 g/mol. The molecule has 2 nitrogen and oxygen atoms in total. The van der Waals surface area contributed by atoms with Gasteiger partial charge in [0, 0.05) is 13.7 Å². The molecule has 0 unspecified atom stereocenters. The van der Waals surface area contributed by atoms with Crippen molar-refractivity contribution in [1.29, 1.82) is 0 Å². The zero-order chi connectivity index (χ0) is 10.1. The van der Waals surface area contributed by atoms with Crippen LogP contribution in [-0.2, 0) is 4.74 Å². The lowest BCUT2D eigenvalue weighted by Crippen LogP contribution is -1.96. The highest BCUT2D eigenvalue weighted by Crippen LogP contribution is 2.29. The zero-order valence-electron chi connectivity index (χ0n) is 7.41. The van der Waals surface area contributed by atoms with Crippen LogP contribution in [0.5, 0.6) is 0 Å². The van der Waals surface area contributed by atoms with Gasteiger partial charge in [-0.2, -0.15) is 0 Å². The summed E-state index contributed by atoms with van der Waals surface area (Å²) in [6, 6.07) is 7.90. The number of carbonyl (C=O) groups excluding carboxylic acids is 1. The molecule has 0 radical (unpaired) electrons. The number of halogens is 1. The minimum atomic E-state index is -0.262. The third kappa shape index (κ3) is 1.64. The van der Waals surface area contributed by atoms with Crippen LogP contribution in [0.4, 0.5) is 0 Å². The van der Waals surface area contributed by atoms with Crippen LogP contribution in [0.15, 0.2) is 24.3 Å². The van der Waals surface area contributed by atoms with E-state index in [1.54, 1.807) is 0 Å². The Kier molecular flexibility index (Phi) is 2.73. The summed E-state index contributed by atoms with van der Waals surface area (Å²) in [5, 5.41) is 1.12. The number of esters is 1. The minimum absolute atomic E-state index is 0.262. The summed E-state index contributed by atoms with van der Waals surface area (Å²) in [5.41, 5.74) is 0. The Labute approximate surface area is 99.0 Å². The van der Waals surface area contributed by atoms with E-state index in [9.17, 15) is 4.79 Å². The number of hydrogen-bond acceptors (Lipinski definition) is 3. The molecule has 0 saturated heterocycles. The van der Waals surface area contributed by atoms with Crippen LogP contribution in [0.2, 0.25) is 0 Å². The van der Waals surface area contributed by atoms with Crippen molar-refractivity contribution < 1.29 is 9.53 Å². The van der Waals surface area contributed by atoms with E-state index in [0.717, 1.165) is 13.7 Å². The Balaban J connectivity index is 2.62. The Morgan fingerprint density at radius 1 is 1.50 bits per heavy atom. The van der Waals surface area contributed by atoms with Crippen molar-refractivity contribution in [2.24, 2.45) is 0 Å². The van der Waals surface area contributed by atoms with Crippen LogP contribution in [-0.4, -0.2) is 13.1 Å². The van der Waals surface area contributed by atoms with E-state index in [0.29, 0.717) is 4.88 Å². The van der Waals surface area contributed by atoms with Crippen LogP contribution in [0.25, 0.3) is 10.1 Å². The van der Waals surface area contributed by atoms with Gasteiger partial charge in [0.1, 0.15) is 4.88 Å². The monoisotopic (exact) mass is 318 g/mol. The molecule has 1 aromatic heterocycles. The number of hydrogen-bond donors (Lipinski definition) is 0. The van der Waals surface area contributed by atoms with Gasteiger partial charge in [-0.1, -0.05) is 6.07 Å². The van der Waals surface area contributed by atoms with Crippen LogP contribution >= 0.6 is 33.9 Å². The van der Waals surface area contributed by atoms with Gasteiger partial charge in [0.25, 0.3) is 0 Å². The topological polar surface area (TPSA) is 26.3 Å². The van der Waals surface area contributed by atoms with E-state index in [1.165, 1.54) is 18.4 Å². The molecule has 1 heterocycles. The molecule has 0 aliphatic rings. The van der Waals surface area contributed by atoms with Crippen LogP contribution in [0.3, 0.4) is 0 Å². The molecule has 4 heteroatoms. The standard InChI is InChI=1S/C10H7IO2S/c1-13-10(12)9-5-6-7(11)3-2-4-8(6)14-9/h2-5H,1H3. The maximum Gasteiger partial charge on any atom is 0.348 e. The van der Waals surface area contributed by atoms with Crippen molar-refractivity contribution in [2.75, 3.05) is 7.11 Å². The van der Waals surface area contributed by atoms with E-state index in [1.807, 2.05) is 24.3 Å². The second-order valence-electron chi connectivity index (χ2n) is 2.75. The van der Waals surface area contributed by atoms with Crippen LogP contribution in [0.1, 0.15) is 9.67 Å². The molecule has 0 aliphatic carbocycles. The van der Waals surface area contributed by atoms with Crippen molar-refractivity contribution in [1.82, 2.24) is 0 Å². The number of rotatable bonds is 1. The lowest BCUT2D eigenvalue weighted by Gasteiger charge is -1.90. The molecule has 0 spiro atoms. The maximum absolute atomic E-state index is 11.3. The summed E-state index contributed by atoms with van der Waals surface area (Å²) < 4.78 is 6.96. The molecule has 0 bridgehead atoms. The van der Waals surface area contributed by atoms with Gasteiger partial charge < -0.3 is 4.74 Å². The van der Waals surface area contributed by atoms with Crippen molar-refractivity contribution in [3.63, 3.8) is 0 Å². The van der Waals surface area contributed by atoms with Crippen molar-refractivity contribution in [2.45, 2.75) is 0 Å². The van der Waals surface area contributed by atoms with Gasteiger partial charge in [-0.3, -0.25) is 0 Å². The molecule has 0 atom stereocenters. The van der Waals surface area contributed by atoms with Crippen LogP contribution < -0.4 is 0 Å². The smallest absolute Gasteiger partial charge is 0.348 e. The largest absolute Gasteiger partial charge is 0.465 e. The molecule has 2 aromatic rings. The quantitative estimate of drug-likeness (QED) is 0.596. The first-order chi connectivity index (χ1) is 6.72. The molecule has 0 aliphatic heterocycles. The molecule has 14 heavy (non-hydrogen) atoms. The molecular weight excluding hydrogens is 311 g/mol. The second-order valence-corrected chi connectivity index (χ2v) is 5.00. The summed E-state index contributed by atoms with van der Waals surface area (Å²) in [7, 11) is 1.40. The second kappa shape index (κ2) is 3.86. The normalized spacial score (nSPS) is 10.4. The Hall–Kier alpha value is -0.620. The van der Waals surface area contributed by atoms with Gasteiger partial charge in [-0.15, -0.1) is 11.3 Å². The van der Waals surface area contributed by atoms with E-state index in [2.05, 4.69) is 27.3 Å². The van der Waals surface area contributed by atoms with E-state index < -0.39 is 0 Å². The Morgan fingerprint density at radius 2 is 2.29 bits per heavy atom. The molecule has 2 rings (SSSR count). The number of carbonyl (C=O) groups is 1. The predicted octanol–water partition coefficient (Wildman–Crippen LogP) is 3.29. The van der Waals surface area contributed by atoms with Gasteiger partial charge in [-0.25, -0.2) is 4.79 Å². The fourth-order valence-electron chi connectivity index (χ4n) is 1.23.